The largest absolute Gasteiger partial charge is 0.336 e. The molecule has 3 aliphatic rings. The van der Waals surface area contributed by atoms with E-state index < -0.39 is 0 Å². The van der Waals surface area contributed by atoms with E-state index in [1.165, 1.54) is 6.07 Å². The van der Waals surface area contributed by atoms with E-state index in [2.05, 4.69) is 10.2 Å². The normalized spacial score (nSPS) is 27.9. The number of carbonyl (C=O) groups is 2. The smallest absolute Gasteiger partial charge is 0.317 e. The second kappa shape index (κ2) is 6.63. The minimum atomic E-state index is -0.359. The van der Waals surface area contributed by atoms with E-state index in [4.69, 9.17) is 0 Å². The Morgan fingerprint density at radius 1 is 1.08 bits per heavy atom. The zero-order valence-electron chi connectivity index (χ0n) is 14.2. The zero-order chi connectivity index (χ0) is 17.4. The first-order valence-electron chi connectivity index (χ1n) is 8.99. The number of piperidine rings is 1. The minimum absolute atomic E-state index is 0.00224. The Kier molecular flexibility index (Phi) is 4.33. The van der Waals surface area contributed by atoms with Crippen LogP contribution in [0.3, 0.4) is 0 Å². The molecular weight excluding hydrogens is 323 g/mol. The van der Waals surface area contributed by atoms with Gasteiger partial charge in [-0.1, -0.05) is 12.1 Å². The Morgan fingerprint density at radius 3 is 2.68 bits per heavy atom. The third-order valence-electron chi connectivity index (χ3n) is 5.52. The highest BCUT2D eigenvalue weighted by molar-refractivity contribution is 5.99. The summed E-state index contributed by atoms with van der Waals surface area (Å²) in [5, 5.41) is 2.85. The lowest BCUT2D eigenvalue weighted by Gasteiger charge is -2.39. The van der Waals surface area contributed by atoms with Gasteiger partial charge in [-0.3, -0.25) is 9.69 Å². The summed E-state index contributed by atoms with van der Waals surface area (Å²) >= 11 is 0. The lowest BCUT2D eigenvalue weighted by Crippen LogP contribution is -2.53. The van der Waals surface area contributed by atoms with Gasteiger partial charge in [0, 0.05) is 32.2 Å². The van der Waals surface area contributed by atoms with Gasteiger partial charge in [0.2, 0.25) is 5.91 Å². The third kappa shape index (κ3) is 2.97. The number of hydrogen-bond donors (Lipinski definition) is 1. The Bertz CT molecular complexity index is 683. The van der Waals surface area contributed by atoms with Gasteiger partial charge in [0.15, 0.2) is 0 Å². The molecule has 6 nitrogen and oxygen atoms in total. The van der Waals surface area contributed by atoms with Gasteiger partial charge in [0.05, 0.1) is 11.7 Å². The molecule has 3 saturated heterocycles. The first-order chi connectivity index (χ1) is 12.1. The number of nitrogens with zero attached hydrogens (tertiary/aromatic N) is 3. The SMILES string of the molecule is O=C1C(N2CCCC(N3CCNC3=O)C2)CCN1c1ccccc1F. The van der Waals surface area contributed by atoms with Crippen molar-refractivity contribution in [2.75, 3.05) is 37.6 Å². The maximum Gasteiger partial charge on any atom is 0.317 e. The fourth-order valence-electron chi connectivity index (χ4n) is 4.27. The molecule has 3 heterocycles. The van der Waals surface area contributed by atoms with Gasteiger partial charge in [0.1, 0.15) is 5.82 Å². The number of rotatable bonds is 3. The summed E-state index contributed by atoms with van der Waals surface area (Å²) in [6, 6.07) is 6.37. The number of hydrogen-bond acceptors (Lipinski definition) is 3. The van der Waals surface area contributed by atoms with Gasteiger partial charge < -0.3 is 15.1 Å². The standard InChI is InChI=1S/C18H23FN4O2/c19-14-5-1-2-6-15(14)23-10-7-16(17(23)24)21-9-3-4-13(12-21)22-11-8-20-18(22)25/h1-2,5-6,13,16H,3-4,7-12H2,(H,20,25). The average molecular weight is 346 g/mol. The maximum absolute atomic E-state index is 14.0. The van der Waals surface area contributed by atoms with Crippen molar-refractivity contribution >= 4 is 17.6 Å². The van der Waals surface area contributed by atoms with Crippen LogP contribution in [0.15, 0.2) is 24.3 Å². The molecule has 1 aromatic carbocycles. The summed E-state index contributed by atoms with van der Waals surface area (Å²) < 4.78 is 14.0. The van der Waals surface area contributed by atoms with E-state index in [0.29, 0.717) is 25.2 Å². The molecule has 0 aromatic heterocycles. The van der Waals surface area contributed by atoms with Crippen LogP contribution in [0.25, 0.3) is 0 Å². The Labute approximate surface area is 146 Å². The second-order valence-electron chi connectivity index (χ2n) is 6.96. The topological polar surface area (TPSA) is 55.9 Å². The summed E-state index contributed by atoms with van der Waals surface area (Å²) in [4.78, 5) is 30.4. The molecule has 25 heavy (non-hydrogen) atoms. The quantitative estimate of drug-likeness (QED) is 0.901. The lowest BCUT2D eigenvalue weighted by molar-refractivity contribution is -0.122. The van der Waals surface area contributed by atoms with Crippen molar-refractivity contribution in [3.8, 4) is 0 Å². The molecule has 3 aliphatic heterocycles. The number of urea groups is 1. The molecule has 1 N–H and O–H groups in total. The number of halogens is 1. The molecule has 134 valence electrons. The Balaban J connectivity index is 1.46. The maximum atomic E-state index is 14.0. The molecule has 0 aliphatic carbocycles. The zero-order valence-corrected chi connectivity index (χ0v) is 14.2. The Hall–Kier alpha value is -2.15. The molecule has 2 atom stereocenters. The van der Waals surface area contributed by atoms with Crippen molar-refractivity contribution in [3.63, 3.8) is 0 Å². The summed E-state index contributed by atoms with van der Waals surface area (Å²) in [7, 11) is 0. The van der Waals surface area contributed by atoms with E-state index in [0.717, 1.165) is 32.5 Å². The molecule has 0 bridgehead atoms. The molecule has 3 fully saturated rings. The second-order valence-corrected chi connectivity index (χ2v) is 6.96. The first-order valence-corrected chi connectivity index (χ1v) is 8.99. The average Bonchev–Trinajstić information content (AvgIpc) is 3.21. The molecule has 0 saturated carbocycles. The monoisotopic (exact) mass is 346 g/mol. The number of amides is 3. The van der Waals surface area contributed by atoms with Gasteiger partial charge in [-0.25, -0.2) is 9.18 Å². The summed E-state index contributed by atoms with van der Waals surface area (Å²) in [5.41, 5.74) is 0.363. The number of nitrogens with one attached hydrogen (secondary N) is 1. The van der Waals surface area contributed by atoms with E-state index in [1.54, 1.807) is 23.1 Å². The molecule has 4 rings (SSSR count). The van der Waals surface area contributed by atoms with Gasteiger partial charge in [-0.2, -0.15) is 0 Å². The van der Waals surface area contributed by atoms with Crippen molar-refractivity contribution < 1.29 is 14.0 Å². The van der Waals surface area contributed by atoms with Crippen LogP contribution < -0.4 is 10.2 Å². The highest BCUT2D eigenvalue weighted by Crippen LogP contribution is 2.29. The first kappa shape index (κ1) is 16.3. The highest BCUT2D eigenvalue weighted by Gasteiger charge is 2.40. The van der Waals surface area contributed by atoms with E-state index in [9.17, 15) is 14.0 Å². The van der Waals surface area contributed by atoms with Crippen LogP contribution in [-0.2, 0) is 4.79 Å². The fraction of sp³-hybridized carbons (Fsp3) is 0.556. The van der Waals surface area contributed by atoms with Crippen molar-refractivity contribution in [1.82, 2.24) is 15.1 Å². The van der Waals surface area contributed by atoms with Crippen LogP contribution in [0.4, 0.5) is 14.9 Å². The van der Waals surface area contributed by atoms with Crippen molar-refractivity contribution in [2.45, 2.75) is 31.3 Å². The summed E-state index contributed by atoms with van der Waals surface area (Å²) in [6.45, 7) is 3.54. The van der Waals surface area contributed by atoms with E-state index >= 15 is 0 Å². The van der Waals surface area contributed by atoms with Gasteiger partial charge in [0.25, 0.3) is 0 Å². The van der Waals surface area contributed by atoms with Crippen LogP contribution in [0.2, 0.25) is 0 Å². The van der Waals surface area contributed by atoms with Crippen molar-refractivity contribution in [3.05, 3.63) is 30.1 Å². The lowest BCUT2D eigenvalue weighted by atomic mass is 10.0. The predicted octanol–water partition coefficient (Wildman–Crippen LogP) is 1.42. The fourth-order valence-corrected chi connectivity index (χ4v) is 4.27. The van der Waals surface area contributed by atoms with Gasteiger partial charge in [-0.05, 0) is 37.9 Å². The molecule has 3 amide bonds. The van der Waals surface area contributed by atoms with Crippen molar-refractivity contribution in [1.29, 1.82) is 0 Å². The number of para-hydroxylation sites is 1. The van der Waals surface area contributed by atoms with Crippen LogP contribution >= 0.6 is 0 Å². The van der Waals surface area contributed by atoms with E-state index in [-0.39, 0.29) is 29.8 Å². The molecule has 7 heteroatoms. The highest BCUT2D eigenvalue weighted by atomic mass is 19.1. The molecule has 2 unspecified atom stereocenters. The molecular formula is C18H23FN4O2. The third-order valence-corrected chi connectivity index (χ3v) is 5.52. The molecule has 0 radical (unpaired) electrons. The molecule has 0 spiro atoms. The molecule has 1 aromatic rings. The van der Waals surface area contributed by atoms with Crippen LogP contribution in [0.5, 0.6) is 0 Å². The Morgan fingerprint density at radius 2 is 1.92 bits per heavy atom. The van der Waals surface area contributed by atoms with Crippen LogP contribution in [0, 0.1) is 5.82 Å². The minimum Gasteiger partial charge on any atom is -0.336 e. The van der Waals surface area contributed by atoms with Gasteiger partial charge >= 0.3 is 6.03 Å². The van der Waals surface area contributed by atoms with Crippen LogP contribution in [0.1, 0.15) is 19.3 Å². The van der Waals surface area contributed by atoms with Crippen LogP contribution in [-0.4, -0.2) is 66.5 Å². The predicted molar refractivity (Wildman–Crippen MR) is 91.9 cm³/mol. The summed E-state index contributed by atoms with van der Waals surface area (Å²) in [6.07, 6.45) is 2.64. The number of likely N-dealkylation sites (tertiary alicyclic amines) is 1. The number of carbonyl (C=O) groups excluding carboxylic acids is 2. The number of anilines is 1. The van der Waals surface area contributed by atoms with E-state index in [1.807, 2.05) is 4.90 Å². The summed E-state index contributed by atoms with van der Waals surface area (Å²) in [5.74, 6) is -0.390. The number of benzene rings is 1. The van der Waals surface area contributed by atoms with Gasteiger partial charge in [-0.15, -0.1) is 0 Å². The van der Waals surface area contributed by atoms with Crippen molar-refractivity contribution in [2.24, 2.45) is 0 Å².